The van der Waals surface area contributed by atoms with Gasteiger partial charge in [0.2, 0.25) is 0 Å². The largest absolute Gasteiger partial charge is 0.0922 e. The Bertz CT molecular complexity index is 355. The van der Waals surface area contributed by atoms with Gasteiger partial charge in [0.25, 0.3) is 0 Å². The summed E-state index contributed by atoms with van der Waals surface area (Å²) in [5, 5.41) is 1.16. The molecule has 1 saturated carbocycles. The third kappa shape index (κ3) is 2.93. The second kappa shape index (κ2) is 5.56. The first-order chi connectivity index (χ1) is 8.17. The molecule has 0 saturated heterocycles. The lowest BCUT2D eigenvalue weighted by atomic mass is 9.71. The molecular weight excluding hydrogens is 272 g/mol. The van der Waals surface area contributed by atoms with Crippen LogP contribution in [-0.4, -0.2) is 5.33 Å². The maximum absolute atomic E-state index is 3.77. The molecule has 0 spiro atoms. The SMILES string of the molecule is Cc1cccc(C)c1CC1(CBr)CCCCC1. The number of rotatable bonds is 3. The Kier molecular flexibility index (Phi) is 4.30. The Morgan fingerprint density at radius 1 is 1.06 bits per heavy atom. The van der Waals surface area contributed by atoms with Gasteiger partial charge in [0, 0.05) is 5.33 Å². The Labute approximate surface area is 114 Å². The van der Waals surface area contributed by atoms with Crippen LogP contribution in [0.2, 0.25) is 0 Å². The molecular formula is C16H23Br. The smallest absolute Gasteiger partial charge is 0.00911 e. The molecule has 1 aromatic carbocycles. The summed E-state index contributed by atoms with van der Waals surface area (Å²) in [6, 6.07) is 6.69. The van der Waals surface area contributed by atoms with Crippen LogP contribution in [0.3, 0.4) is 0 Å². The summed E-state index contributed by atoms with van der Waals surface area (Å²) in [6.07, 6.45) is 8.31. The summed E-state index contributed by atoms with van der Waals surface area (Å²) < 4.78 is 0. The lowest BCUT2D eigenvalue weighted by Crippen LogP contribution is -2.29. The van der Waals surface area contributed by atoms with E-state index >= 15 is 0 Å². The highest BCUT2D eigenvalue weighted by Gasteiger charge is 2.31. The van der Waals surface area contributed by atoms with Crippen molar-refractivity contribution in [2.24, 2.45) is 5.41 Å². The maximum atomic E-state index is 3.77. The van der Waals surface area contributed by atoms with Gasteiger partial charge in [-0.2, -0.15) is 0 Å². The third-order valence-electron chi connectivity index (χ3n) is 4.39. The van der Waals surface area contributed by atoms with E-state index in [1.807, 2.05) is 0 Å². The first-order valence-corrected chi connectivity index (χ1v) is 7.90. The van der Waals surface area contributed by atoms with Crippen molar-refractivity contribution >= 4 is 15.9 Å². The fourth-order valence-electron chi connectivity index (χ4n) is 3.16. The van der Waals surface area contributed by atoms with E-state index in [1.54, 1.807) is 5.56 Å². The molecule has 0 bridgehead atoms. The molecule has 0 radical (unpaired) electrons. The van der Waals surface area contributed by atoms with Crippen LogP contribution in [0.25, 0.3) is 0 Å². The Hall–Kier alpha value is -0.300. The van der Waals surface area contributed by atoms with E-state index in [1.165, 1.54) is 49.7 Å². The van der Waals surface area contributed by atoms with Gasteiger partial charge in [0.15, 0.2) is 0 Å². The van der Waals surface area contributed by atoms with E-state index < -0.39 is 0 Å². The molecule has 17 heavy (non-hydrogen) atoms. The fraction of sp³-hybridized carbons (Fsp3) is 0.625. The average molecular weight is 295 g/mol. The van der Waals surface area contributed by atoms with Gasteiger partial charge in [0.05, 0.1) is 0 Å². The molecule has 0 aromatic heterocycles. The minimum Gasteiger partial charge on any atom is -0.0922 e. The lowest BCUT2D eigenvalue weighted by Gasteiger charge is -2.36. The van der Waals surface area contributed by atoms with Gasteiger partial charge in [0.1, 0.15) is 0 Å². The molecule has 1 aliphatic rings. The van der Waals surface area contributed by atoms with E-state index in [4.69, 9.17) is 0 Å². The van der Waals surface area contributed by atoms with Gasteiger partial charge in [-0.3, -0.25) is 0 Å². The Morgan fingerprint density at radius 2 is 1.65 bits per heavy atom. The monoisotopic (exact) mass is 294 g/mol. The summed E-state index contributed by atoms with van der Waals surface area (Å²) in [5.74, 6) is 0. The maximum Gasteiger partial charge on any atom is 0.00911 e. The number of hydrogen-bond donors (Lipinski definition) is 0. The first-order valence-electron chi connectivity index (χ1n) is 6.78. The zero-order valence-electron chi connectivity index (χ0n) is 11.1. The van der Waals surface area contributed by atoms with Crippen molar-refractivity contribution < 1.29 is 0 Å². The standard InChI is InChI=1S/C16H23Br/c1-13-7-6-8-14(2)15(13)11-16(12-17)9-4-3-5-10-16/h6-8H,3-5,9-12H2,1-2H3. The zero-order chi connectivity index (χ0) is 12.3. The normalized spacial score (nSPS) is 19.2. The minimum atomic E-state index is 0.523. The second-order valence-corrected chi connectivity index (χ2v) is 6.30. The van der Waals surface area contributed by atoms with Crippen LogP contribution < -0.4 is 0 Å². The van der Waals surface area contributed by atoms with E-state index in [2.05, 4.69) is 48.0 Å². The first kappa shape index (κ1) is 13.1. The summed E-state index contributed by atoms with van der Waals surface area (Å²) in [5.41, 5.74) is 5.05. The zero-order valence-corrected chi connectivity index (χ0v) is 12.6. The second-order valence-electron chi connectivity index (χ2n) is 5.74. The van der Waals surface area contributed by atoms with Crippen molar-refractivity contribution in [2.45, 2.75) is 52.4 Å². The highest BCUT2D eigenvalue weighted by atomic mass is 79.9. The summed E-state index contributed by atoms with van der Waals surface area (Å²) in [7, 11) is 0. The topological polar surface area (TPSA) is 0 Å². The number of hydrogen-bond acceptors (Lipinski definition) is 0. The molecule has 1 heteroatoms. The predicted molar refractivity (Wildman–Crippen MR) is 78.9 cm³/mol. The van der Waals surface area contributed by atoms with Crippen molar-refractivity contribution in [3.05, 3.63) is 34.9 Å². The van der Waals surface area contributed by atoms with Gasteiger partial charge >= 0.3 is 0 Å². The van der Waals surface area contributed by atoms with Gasteiger partial charge in [-0.15, -0.1) is 0 Å². The molecule has 1 fully saturated rings. The van der Waals surface area contributed by atoms with Gasteiger partial charge < -0.3 is 0 Å². The molecule has 0 amide bonds. The molecule has 1 aliphatic carbocycles. The third-order valence-corrected chi connectivity index (χ3v) is 5.58. The summed E-state index contributed by atoms with van der Waals surface area (Å²) >= 11 is 3.77. The van der Waals surface area contributed by atoms with Crippen molar-refractivity contribution in [2.75, 3.05) is 5.33 Å². The van der Waals surface area contributed by atoms with Gasteiger partial charge in [-0.1, -0.05) is 53.4 Å². The van der Waals surface area contributed by atoms with E-state index in [-0.39, 0.29) is 0 Å². The van der Waals surface area contributed by atoms with Crippen molar-refractivity contribution in [1.29, 1.82) is 0 Å². The molecule has 0 aliphatic heterocycles. The highest BCUT2D eigenvalue weighted by molar-refractivity contribution is 9.09. The quantitative estimate of drug-likeness (QED) is 0.673. The van der Waals surface area contributed by atoms with Crippen LogP contribution in [-0.2, 0) is 6.42 Å². The molecule has 1 aromatic rings. The predicted octanol–water partition coefficient (Wildman–Crippen LogP) is 5.19. The fourth-order valence-corrected chi connectivity index (χ4v) is 3.92. The van der Waals surface area contributed by atoms with Crippen LogP contribution in [0, 0.1) is 19.3 Å². The van der Waals surface area contributed by atoms with Crippen LogP contribution in [0.1, 0.15) is 48.8 Å². The molecule has 0 nitrogen and oxygen atoms in total. The van der Waals surface area contributed by atoms with Crippen LogP contribution >= 0.6 is 15.9 Å². The van der Waals surface area contributed by atoms with E-state index in [0.717, 1.165) is 5.33 Å². The number of halogens is 1. The summed E-state index contributed by atoms with van der Waals surface area (Å²) in [6.45, 7) is 4.51. The summed E-state index contributed by atoms with van der Waals surface area (Å²) in [4.78, 5) is 0. The van der Waals surface area contributed by atoms with Crippen LogP contribution in [0.5, 0.6) is 0 Å². The number of alkyl halides is 1. The highest BCUT2D eigenvalue weighted by Crippen LogP contribution is 2.41. The van der Waals surface area contributed by atoms with Crippen LogP contribution in [0.4, 0.5) is 0 Å². The molecule has 0 heterocycles. The van der Waals surface area contributed by atoms with Crippen LogP contribution in [0.15, 0.2) is 18.2 Å². The molecule has 2 rings (SSSR count). The molecule has 94 valence electrons. The van der Waals surface area contributed by atoms with E-state index in [9.17, 15) is 0 Å². The molecule has 0 N–H and O–H groups in total. The van der Waals surface area contributed by atoms with E-state index in [0.29, 0.717) is 5.41 Å². The molecule has 0 atom stereocenters. The Morgan fingerprint density at radius 3 is 2.18 bits per heavy atom. The van der Waals surface area contributed by atoms with Crippen molar-refractivity contribution in [3.63, 3.8) is 0 Å². The average Bonchev–Trinajstić information content (AvgIpc) is 2.35. The van der Waals surface area contributed by atoms with Crippen molar-refractivity contribution in [1.82, 2.24) is 0 Å². The minimum absolute atomic E-state index is 0.523. The Balaban J connectivity index is 2.23. The number of aryl methyl sites for hydroxylation is 2. The lowest BCUT2D eigenvalue weighted by molar-refractivity contribution is 0.223. The number of benzene rings is 1. The van der Waals surface area contributed by atoms with Gasteiger partial charge in [-0.05, 0) is 55.2 Å². The van der Waals surface area contributed by atoms with Gasteiger partial charge in [-0.25, -0.2) is 0 Å². The molecule has 0 unspecified atom stereocenters. The van der Waals surface area contributed by atoms with Crippen molar-refractivity contribution in [3.8, 4) is 0 Å².